The number of fused-ring (bicyclic) bond motifs is 1. The summed E-state index contributed by atoms with van der Waals surface area (Å²) in [5.74, 6) is 2.19. The lowest BCUT2D eigenvalue weighted by Gasteiger charge is -2.34. The summed E-state index contributed by atoms with van der Waals surface area (Å²) in [5.41, 5.74) is 0.656. The molecule has 0 N–H and O–H groups in total. The summed E-state index contributed by atoms with van der Waals surface area (Å²) in [6.07, 6.45) is 5.80. The van der Waals surface area contributed by atoms with Crippen LogP contribution in [-0.4, -0.2) is 24.5 Å². The van der Waals surface area contributed by atoms with E-state index >= 15 is 0 Å². The van der Waals surface area contributed by atoms with Crippen LogP contribution < -0.4 is 0 Å². The Morgan fingerprint density at radius 1 is 1.50 bits per heavy atom. The number of nitrogens with zero attached hydrogens (tertiary/aromatic N) is 1. The highest BCUT2D eigenvalue weighted by atomic mass is 15.1. The van der Waals surface area contributed by atoms with Crippen molar-refractivity contribution in [3.63, 3.8) is 0 Å². The summed E-state index contributed by atoms with van der Waals surface area (Å²) in [4.78, 5) is 2.57. The fourth-order valence-corrected chi connectivity index (χ4v) is 3.35. The van der Waals surface area contributed by atoms with Crippen LogP contribution in [0.5, 0.6) is 0 Å². The highest BCUT2D eigenvalue weighted by Crippen LogP contribution is 2.62. The Kier molecular flexibility index (Phi) is 2.63. The molecule has 4 unspecified atom stereocenters. The van der Waals surface area contributed by atoms with Crippen LogP contribution in [0.3, 0.4) is 0 Å². The maximum absolute atomic E-state index is 2.57. The van der Waals surface area contributed by atoms with Crippen molar-refractivity contribution in [3.8, 4) is 0 Å². The molecule has 0 spiro atoms. The van der Waals surface area contributed by atoms with Crippen molar-refractivity contribution in [3.05, 3.63) is 0 Å². The molecule has 2 saturated carbocycles. The SMILES string of the molecule is CCC(C)N(C)CC1(C)CCC2CC21. The van der Waals surface area contributed by atoms with Crippen LogP contribution in [0.2, 0.25) is 0 Å². The molecule has 0 aromatic rings. The standard InChI is InChI=1S/C13H25N/c1-5-10(2)14(4)9-13(3)7-6-11-8-12(11)13/h10-12H,5-9H2,1-4H3. The van der Waals surface area contributed by atoms with Crippen molar-refractivity contribution in [2.45, 2.75) is 52.5 Å². The Bertz CT molecular complexity index is 213. The van der Waals surface area contributed by atoms with Gasteiger partial charge in [0.1, 0.15) is 0 Å². The van der Waals surface area contributed by atoms with Gasteiger partial charge in [-0.1, -0.05) is 13.8 Å². The highest BCUT2D eigenvalue weighted by molar-refractivity contribution is 5.05. The lowest BCUT2D eigenvalue weighted by molar-refractivity contribution is 0.138. The first-order valence-corrected chi connectivity index (χ1v) is 6.27. The smallest absolute Gasteiger partial charge is 0.00614 e. The van der Waals surface area contributed by atoms with E-state index in [0.717, 1.165) is 17.9 Å². The second-order valence-electron chi connectivity index (χ2n) is 5.97. The van der Waals surface area contributed by atoms with Crippen LogP contribution in [0.25, 0.3) is 0 Å². The number of hydrogen-bond donors (Lipinski definition) is 0. The van der Waals surface area contributed by atoms with Crippen LogP contribution >= 0.6 is 0 Å². The summed E-state index contributed by atoms with van der Waals surface area (Å²) < 4.78 is 0. The molecule has 2 aliphatic carbocycles. The molecular formula is C13H25N. The molecule has 2 fully saturated rings. The molecule has 0 saturated heterocycles. The molecule has 0 amide bonds. The molecular weight excluding hydrogens is 170 g/mol. The molecule has 0 bridgehead atoms. The van der Waals surface area contributed by atoms with Crippen molar-refractivity contribution in [2.24, 2.45) is 17.3 Å². The second kappa shape index (κ2) is 3.52. The Morgan fingerprint density at radius 2 is 2.21 bits per heavy atom. The first kappa shape index (κ1) is 10.5. The second-order valence-corrected chi connectivity index (χ2v) is 5.97. The van der Waals surface area contributed by atoms with Crippen LogP contribution in [0, 0.1) is 17.3 Å². The van der Waals surface area contributed by atoms with Crippen LogP contribution in [0.4, 0.5) is 0 Å². The molecule has 0 aliphatic heterocycles. The fourth-order valence-electron chi connectivity index (χ4n) is 3.35. The molecule has 0 aromatic carbocycles. The van der Waals surface area contributed by atoms with Gasteiger partial charge in [0.25, 0.3) is 0 Å². The third kappa shape index (κ3) is 1.71. The zero-order valence-electron chi connectivity index (χ0n) is 10.2. The van der Waals surface area contributed by atoms with Crippen LogP contribution in [-0.2, 0) is 0 Å². The monoisotopic (exact) mass is 195 g/mol. The van der Waals surface area contributed by atoms with Gasteiger partial charge in [-0.3, -0.25) is 0 Å². The van der Waals surface area contributed by atoms with Crippen molar-refractivity contribution in [1.29, 1.82) is 0 Å². The van der Waals surface area contributed by atoms with Crippen LogP contribution in [0.1, 0.15) is 46.5 Å². The van der Waals surface area contributed by atoms with Crippen LogP contribution in [0.15, 0.2) is 0 Å². The molecule has 4 atom stereocenters. The normalized spacial score (nSPS) is 42.6. The van der Waals surface area contributed by atoms with E-state index in [2.05, 4.69) is 32.7 Å². The first-order valence-electron chi connectivity index (χ1n) is 6.27. The largest absolute Gasteiger partial charge is 0.303 e. The quantitative estimate of drug-likeness (QED) is 0.666. The molecule has 0 radical (unpaired) electrons. The predicted octanol–water partition coefficient (Wildman–Crippen LogP) is 3.15. The molecule has 2 rings (SSSR count). The van der Waals surface area contributed by atoms with E-state index in [1.54, 1.807) is 0 Å². The van der Waals surface area contributed by atoms with Crippen molar-refractivity contribution >= 4 is 0 Å². The molecule has 14 heavy (non-hydrogen) atoms. The molecule has 82 valence electrons. The van der Waals surface area contributed by atoms with E-state index in [1.807, 2.05) is 0 Å². The Hall–Kier alpha value is -0.0400. The first-order chi connectivity index (χ1) is 6.57. The van der Waals surface area contributed by atoms with E-state index in [9.17, 15) is 0 Å². The fraction of sp³-hybridized carbons (Fsp3) is 1.00. The number of hydrogen-bond acceptors (Lipinski definition) is 1. The van der Waals surface area contributed by atoms with Crippen molar-refractivity contribution in [2.75, 3.05) is 13.6 Å². The Balaban J connectivity index is 1.90. The zero-order valence-corrected chi connectivity index (χ0v) is 10.2. The van der Waals surface area contributed by atoms with E-state index in [1.165, 1.54) is 32.2 Å². The average molecular weight is 195 g/mol. The van der Waals surface area contributed by atoms with Gasteiger partial charge in [0.15, 0.2) is 0 Å². The van der Waals surface area contributed by atoms with Gasteiger partial charge in [-0.15, -0.1) is 0 Å². The minimum atomic E-state index is 0.656. The van der Waals surface area contributed by atoms with Gasteiger partial charge in [-0.2, -0.15) is 0 Å². The molecule has 1 heteroatoms. The number of rotatable bonds is 4. The Morgan fingerprint density at radius 3 is 2.64 bits per heavy atom. The van der Waals surface area contributed by atoms with E-state index < -0.39 is 0 Å². The van der Waals surface area contributed by atoms with Gasteiger partial charge in [-0.25, -0.2) is 0 Å². The van der Waals surface area contributed by atoms with Crippen molar-refractivity contribution in [1.82, 2.24) is 4.90 Å². The van der Waals surface area contributed by atoms with Gasteiger partial charge in [0, 0.05) is 12.6 Å². The Labute approximate surface area is 88.9 Å². The van der Waals surface area contributed by atoms with Gasteiger partial charge >= 0.3 is 0 Å². The maximum Gasteiger partial charge on any atom is 0.00614 e. The highest BCUT2D eigenvalue weighted by Gasteiger charge is 2.55. The zero-order chi connectivity index (χ0) is 10.3. The minimum Gasteiger partial charge on any atom is -0.303 e. The molecule has 1 nitrogen and oxygen atoms in total. The van der Waals surface area contributed by atoms with Gasteiger partial charge in [0.05, 0.1) is 0 Å². The topological polar surface area (TPSA) is 3.24 Å². The minimum absolute atomic E-state index is 0.656. The third-order valence-electron chi connectivity index (χ3n) is 4.86. The third-order valence-corrected chi connectivity index (χ3v) is 4.86. The van der Waals surface area contributed by atoms with Gasteiger partial charge < -0.3 is 4.90 Å². The maximum atomic E-state index is 2.57. The van der Waals surface area contributed by atoms with Gasteiger partial charge in [-0.05, 0) is 56.9 Å². The summed E-state index contributed by atoms with van der Waals surface area (Å²) in [6, 6.07) is 0.754. The average Bonchev–Trinajstić information content (AvgIpc) is 2.88. The molecule has 2 aliphatic rings. The summed E-state index contributed by atoms with van der Waals surface area (Å²) in [7, 11) is 2.30. The molecule has 0 aromatic heterocycles. The van der Waals surface area contributed by atoms with Gasteiger partial charge in [0.2, 0.25) is 0 Å². The predicted molar refractivity (Wildman–Crippen MR) is 61.3 cm³/mol. The van der Waals surface area contributed by atoms with Crippen molar-refractivity contribution < 1.29 is 0 Å². The van der Waals surface area contributed by atoms with E-state index in [4.69, 9.17) is 0 Å². The summed E-state index contributed by atoms with van der Waals surface area (Å²) in [5, 5.41) is 0. The summed E-state index contributed by atoms with van der Waals surface area (Å²) >= 11 is 0. The van der Waals surface area contributed by atoms with E-state index in [-0.39, 0.29) is 0 Å². The lowest BCUT2D eigenvalue weighted by Crippen LogP contribution is -2.38. The van der Waals surface area contributed by atoms with E-state index in [0.29, 0.717) is 5.41 Å². The molecule has 0 heterocycles. The summed E-state index contributed by atoms with van der Waals surface area (Å²) in [6.45, 7) is 8.48. The lowest BCUT2D eigenvalue weighted by atomic mass is 9.84.